The van der Waals surface area contributed by atoms with E-state index in [1.807, 2.05) is 38.1 Å². The van der Waals surface area contributed by atoms with Crippen molar-refractivity contribution in [2.24, 2.45) is 5.73 Å². The first kappa shape index (κ1) is 11.2. The Balaban J connectivity index is 2.84. The molecule has 0 aromatic heterocycles. The number of benzene rings is 1. The van der Waals surface area contributed by atoms with Crippen LogP contribution in [-0.2, 0) is 0 Å². The molecule has 0 fully saturated rings. The molecule has 2 unspecified atom stereocenters. The lowest BCUT2D eigenvalue weighted by molar-refractivity contribution is 0.380. The normalized spacial score (nSPS) is 15.1. The van der Waals surface area contributed by atoms with Crippen molar-refractivity contribution in [1.29, 1.82) is 0 Å². The van der Waals surface area contributed by atoms with Crippen molar-refractivity contribution in [1.82, 2.24) is 0 Å². The molecule has 0 aliphatic rings. The molecule has 0 amide bonds. The van der Waals surface area contributed by atoms with Crippen molar-refractivity contribution < 1.29 is 4.39 Å². The maximum absolute atomic E-state index is 12.5. The molecular formula is C12H18FN. The maximum atomic E-state index is 12.5. The van der Waals surface area contributed by atoms with E-state index in [0.29, 0.717) is 0 Å². The van der Waals surface area contributed by atoms with Crippen LogP contribution in [0.25, 0.3) is 0 Å². The SMILES string of the molecule is CCC(c1ccc(C)cc1)C(N)CF. The van der Waals surface area contributed by atoms with Crippen LogP contribution >= 0.6 is 0 Å². The molecule has 0 heterocycles. The first-order valence-electron chi connectivity index (χ1n) is 5.07. The van der Waals surface area contributed by atoms with Crippen molar-refractivity contribution in [3.8, 4) is 0 Å². The van der Waals surface area contributed by atoms with E-state index in [2.05, 4.69) is 0 Å². The number of nitrogens with two attached hydrogens (primary N) is 1. The Morgan fingerprint density at radius 3 is 2.29 bits per heavy atom. The topological polar surface area (TPSA) is 26.0 Å². The molecular weight excluding hydrogens is 177 g/mol. The van der Waals surface area contributed by atoms with Gasteiger partial charge in [-0.3, -0.25) is 0 Å². The Hall–Kier alpha value is -0.890. The van der Waals surface area contributed by atoms with Crippen molar-refractivity contribution in [3.63, 3.8) is 0 Å². The van der Waals surface area contributed by atoms with Crippen LogP contribution in [0.5, 0.6) is 0 Å². The van der Waals surface area contributed by atoms with Crippen molar-refractivity contribution in [2.45, 2.75) is 32.2 Å². The van der Waals surface area contributed by atoms with Crippen LogP contribution < -0.4 is 5.73 Å². The molecule has 2 N–H and O–H groups in total. The van der Waals surface area contributed by atoms with Crippen LogP contribution in [0.2, 0.25) is 0 Å². The average molecular weight is 195 g/mol. The van der Waals surface area contributed by atoms with Gasteiger partial charge in [-0.2, -0.15) is 0 Å². The number of rotatable bonds is 4. The monoisotopic (exact) mass is 195 g/mol. The number of halogens is 1. The number of aryl methyl sites for hydroxylation is 1. The minimum atomic E-state index is -0.452. The molecule has 0 aliphatic heterocycles. The summed E-state index contributed by atoms with van der Waals surface area (Å²) >= 11 is 0. The number of hydrogen-bond donors (Lipinski definition) is 1. The van der Waals surface area contributed by atoms with E-state index in [4.69, 9.17) is 5.73 Å². The molecule has 2 heteroatoms. The minimum absolute atomic E-state index is 0.139. The minimum Gasteiger partial charge on any atom is -0.325 e. The second-order valence-corrected chi connectivity index (χ2v) is 3.74. The molecule has 0 aliphatic carbocycles. The first-order chi connectivity index (χ1) is 6.69. The molecule has 14 heavy (non-hydrogen) atoms. The van der Waals surface area contributed by atoms with Gasteiger partial charge in [0.2, 0.25) is 0 Å². The van der Waals surface area contributed by atoms with Gasteiger partial charge in [0, 0.05) is 12.0 Å². The highest BCUT2D eigenvalue weighted by atomic mass is 19.1. The van der Waals surface area contributed by atoms with E-state index in [-0.39, 0.29) is 12.0 Å². The lowest BCUT2D eigenvalue weighted by Crippen LogP contribution is -2.30. The van der Waals surface area contributed by atoms with E-state index in [0.717, 1.165) is 12.0 Å². The van der Waals surface area contributed by atoms with Gasteiger partial charge in [0.25, 0.3) is 0 Å². The summed E-state index contributed by atoms with van der Waals surface area (Å²) in [6.07, 6.45) is 0.883. The van der Waals surface area contributed by atoms with E-state index < -0.39 is 6.67 Å². The third kappa shape index (κ3) is 2.55. The van der Waals surface area contributed by atoms with Gasteiger partial charge in [0.1, 0.15) is 6.67 Å². The lowest BCUT2D eigenvalue weighted by atomic mass is 9.90. The Labute approximate surface area is 85.1 Å². The van der Waals surface area contributed by atoms with Gasteiger partial charge in [0.05, 0.1) is 0 Å². The number of alkyl halides is 1. The molecule has 78 valence electrons. The van der Waals surface area contributed by atoms with Crippen LogP contribution in [-0.4, -0.2) is 12.7 Å². The highest BCUT2D eigenvalue weighted by molar-refractivity contribution is 5.25. The molecule has 1 rings (SSSR count). The van der Waals surface area contributed by atoms with Gasteiger partial charge < -0.3 is 5.73 Å². The first-order valence-corrected chi connectivity index (χ1v) is 5.07. The fourth-order valence-corrected chi connectivity index (χ4v) is 1.71. The highest BCUT2D eigenvalue weighted by Crippen LogP contribution is 2.22. The third-order valence-corrected chi connectivity index (χ3v) is 2.64. The van der Waals surface area contributed by atoms with E-state index in [9.17, 15) is 4.39 Å². The largest absolute Gasteiger partial charge is 0.325 e. The fourth-order valence-electron chi connectivity index (χ4n) is 1.71. The molecule has 0 saturated carbocycles. The van der Waals surface area contributed by atoms with Gasteiger partial charge in [-0.1, -0.05) is 36.8 Å². The van der Waals surface area contributed by atoms with Gasteiger partial charge in [-0.15, -0.1) is 0 Å². The Kier molecular flexibility index (Phi) is 4.08. The van der Waals surface area contributed by atoms with Gasteiger partial charge >= 0.3 is 0 Å². The summed E-state index contributed by atoms with van der Waals surface area (Å²) < 4.78 is 12.5. The van der Waals surface area contributed by atoms with Gasteiger partial charge in [0.15, 0.2) is 0 Å². The maximum Gasteiger partial charge on any atom is 0.105 e. The summed E-state index contributed by atoms with van der Waals surface area (Å²) in [4.78, 5) is 0. The molecule has 1 nitrogen and oxygen atoms in total. The summed E-state index contributed by atoms with van der Waals surface area (Å²) in [5.74, 6) is 0.139. The summed E-state index contributed by atoms with van der Waals surface area (Å²) in [5.41, 5.74) is 8.08. The zero-order valence-electron chi connectivity index (χ0n) is 8.83. The lowest BCUT2D eigenvalue weighted by Gasteiger charge is -2.20. The van der Waals surface area contributed by atoms with E-state index in [1.165, 1.54) is 5.56 Å². The standard InChI is InChI=1S/C12H18FN/c1-3-11(12(14)8-13)10-6-4-9(2)5-7-10/h4-7,11-12H,3,8,14H2,1-2H3. The highest BCUT2D eigenvalue weighted by Gasteiger charge is 2.17. The summed E-state index contributed by atoms with van der Waals surface area (Å²) in [6, 6.07) is 7.80. The van der Waals surface area contributed by atoms with Crippen LogP contribution in [0, 0.1) is 6.92 Å². The van der Waals surface area contributed by atoms with Crippen LogP contribution in [0.1, 0.15) is 30.4 Å². The molecule has 2 atom stereocenters. The Bertz CT molecular complexity index is 268. The second-order valence-electron chi connectivity index (χ2n) is 3.74. The summed E-state index contributed by atoms with van der Waals surface area (Å²) in [7, 11) is 0. The average Bonchev–Trinajstić information content (AvgIpc) is 2.21. The molecule has 0 spiro atoms. The Morgan fingerprint density at radius 1 is 1.29 bits per heavy atom. The van der Waals surface area contributed by atoms with Crippen molar-refractivity contribution in [2.75, 3.05) is 6.67 Å². The fraction of sp³-hybridized carbons (Fsp3) is 0.500. The van der Waals surface area contributed by atoms with Gasteiger partial charge in [-0.25, -0.2) is 4.39 Å². The second kappa shape index (κ2) is 5.11. The van der Waals surface area contributed by atoms with Crippen LogP contribution in [0.3, 0.4) is 0 Å². The molecule has 1 aromatic rings. The zero-order chi connectivity index (χ0) is 10.6. The zero-order valence-corrected chi connectivity index (χ0v) is 8.83. The smallest absolute Gasteiger partial charge is 0.105 e. The van der Waals surface area contributed by atoms with E-state index in [1.54, 1.807) is 0 Å². The quantitative estimate of drug-likeness (QED) is 0.785. The molecule has 1 aromatic carbocycles. The molecule has 0 bridgehead atoms. The predicted octanol–water partition coefficient (Wildman–Crippen LogP) is 2.79. The van der Waals surface area contributed by atoms with Crippen molar-refractivity contribution >= 4 is 0 Å². The molecule has 0 saturated heterocycles. The van der Waals surface area contributed by atoms with Crippen LogP contribution in [0.15, 0.2) is 24.3 Å². The summed E-state index contributed by atoms with van der Waals surface area (Å²) in [6.45, 7) is 3.63. The predicted molar refractivity (Wildman–Crippen MR) is 58.2 cm³/mol. The van der Waals surface area contributed by atoms with Gasteiger partial charge in [-0.05, 0) is 18.9 Å². The van der Waals surface area contributed by atoms with Crippen molar-refractivity contribution in [3.05, 3.63) is 35.4 Å². The third-order valence-electron chi connectivity index (χ3n) is 2.64. The van der Waals surface area contributed by atoms with Crippen LogP contribution in [0.4, 0.5) is 4.39 Å². The Morgan fingerprint density at radius 2 is 1.86 bits per heavy atom. The van der Waals surface area contributed by atoms with E-state index >= 15 is 0 Å². The molecule has 0 radical (unpaired) electrons. The number of hydrogen-bond acceptors (Lipinski definition) is 1. The summed E-state index contributed by atoms with van der Waals surface area (Å²) in [5, 5.41) is 0.